The number of carboxylic acids is 1. The zero-order valence-electron chi connectivity index (χ0n) is 14.0. The number of ether oxygens (including phenoxy) is 1. The molecule has 0 fully saturated rings. The van der Waals surface area contributed by atoms with Gasteiger partial charge < -0.3 is 25.0 Å². The van der Waals surface area contributed by atoms with Gasteiger partial charge in [-0.25, -0.2) is 0 Å². The Hall–Kier alpha value is -2.68. The van der Waals surface area contributed by atoms with Crippen LogP contribution in [0.5, 0.6) is 0 Å². The van der Waals surface area contributed by atoms with E-state index in [0.717, 1.165) is 6.08 Å². The standard InChI is InChI=1S/C16H23N3O6/c1-2-13(20)17-7-8-18(15(22)5-6-16(23)24)9-10-19-12-25-11-3-4-14(19)21/h2-4H,1,5-12H2,(H,17,20)(H,23,24). The molecule has 0 radical (unpaired) electrons. The predicted octanol–water partition coefficient (Wildman–Crippen LogP) is -0.645. The molecular weight excluding hydrogens is 330 g/mol. The molecule has 1 aliphatic rings. The first kappa shape index (κ1) is 20.4. The zero-order chi connectivity index (χ0) is 18.7. The minimum atomic E-state index is -1.06. The summed E-state index contributed by atoms with van der Waals surface area (Å²) in [6.07, 6.45) is 3.73. The number of carbonyl (C=O) groups is 4. The maximum atomic E-state index is 12.2. The third-order valence-electron chi connectivity index (χ3n) is 3.44. The van der Waals surface area contributed by atoms with Crippen LogP contribution in [0.2, 0.25) is 0 Å². The van der Waals surface area contributed by atoms with Crippen LogP contribution in [-0.4, -0.2) is 78.1 Å². The molecule has 1 aliphatic heterocycles. The van der Waals surface area contributed by atoms with Gasteiger partial charge in [-0.15, -0.1) is 0 Å². The molecule has 25 heavy (non-hydrogen) atoms. The normalized spacial score (nSPS) is 13.9. The SMILES string of the molecule is C=CC(=O)NCCN(CCN1COCC=CC1=O)C(=O)CCC(=O)O. The fourth-order valence-corrected chi connectivity index (χ4v) is 2.08. The molecule has 9 heteroatoms. The van der Waals surface area contributed by atoms with E-state index in [9.17, 15) is 19.2 Å². The molecular formula is C16H23N3O6. The average molecular weight is 353 g/mol. The smallest absolute Gasteiger partial charge is 0.303 e. The average Bonchev–Trinajstić information content (AvgIpc) is 2.79. The van der Waals surface area contributed by atoms with Gasteiger partial charge in [0.25, 0.3) is 0 Å². The first-order chi connectivity index (χ1) is 11.9. The van der Waals surface area contributed by atoms with Crippen LogP contribution in [0.25, 0.3) is 0 Å². The molecule has 0 saturated heterocycles. The number of carbonyl (C=O) groups excluding carboxylic acids is 3. The lowest BCUT2D eigenvalue weighted by atomic mass is 10.2. The van der Waals surface area contributed by atoms with Gasteiger partial charge in [-0.05, 0) is 6.08 Å². The third kappa shape index (κ3) is 8.11. The largest absolute Gasteiger partial charge is 0.481 e. The Bertz CT molecular complexity index is 546. The molecule has 138 valence electrons. The van der Waals surface area contributed by atoms with Gasteiger partial charge >= 0.3 is 5.97 Å². The van der Waals surface area contributed by atoms with Crippen LogP contribution in [0.1, 0.15) is 12.8 Å². The van der Waals surface area contributed by atoms with E-state index in [1.165, 1.54) is 15.9 Å². The quantitative estimate of drug-likeness (QED) is 0.505. The number of hydrogen-bond donors (Lipinski definition) is 2. The van der Waals surface area contributed by atoms with E-state index in [1.54, 1.807) is 6.08 Å². The van der Waals surface area contributed by atoms with Gasteiger partial charge in [0.15, 0.2) is 0 Å². The molecule has 0 bridgehead atoms. The summed E-state index contributed by atoms with van der Waals surface area (Å²) in [6, 6.07) is 0. The van der Waals surface area contributed by atoms with E-state index in [1.807, 2.05) is 0 Å². The molecule has 3 amide bonds. The molecule has 0 unspecified atom stereocenters. The maximum absolute atomic E-state index is 12.2. The first-order valence-electron chi connectivity index (χ1n) is 7.87. The lowest BCUT2D eigenvalue weighted by Crippen LogP contribution is -2.44. The van der Waals surface area contributed by atoms with E-state index < -0.39 is 5.97 Å². The second kappa shape index (κ2) is 11.0. The highest BCUT2D eigenvalue weighted by molar-refractivity contribution is 5.88. The molecule has 0 aliphatic carbocycles. The molecule has 9 nitrogen and oxygen atoms in total. The highest BCUT2D eigenvalue weighted by atomic mass is 16.5. The van der Waals surface area contributed by atoms with Crippen molar-refractivity contribution in [2.75, 3.05) is 39.5 Å². The highest BCUT2D eigenvalue weighted by Gasteiger charge is 2.18. The Morgan fingerprint density at radius 2 is 2.12 bits per heavy atom. The van der Waals surface area contributed by atoms with E-state index >= 15 is 0 Å². The van der Waals surface area contributed by atoms with E-state index in [2.05, 4.69) is 11.9 Å². The number of carboxylic acid groups (broad SMARTS) is 1. The summed E-state index contributed by atoms with van der Waals surface area (Å²) in [7, 11) is 0. The van der Waals surface area contributed by atoms with Gasteiger partial charge in [0.05, 0.1) is 13.0 Å². The van der Waals surface area contributed by atoms with Crippen molar-refractivity contribution >= 4 is 23.7 Å². The number of hydrogen-bond acceptors (Lipinski definition) is 5. The van der Waals surface area contributed by atoms with Gasteiger partial charge in [-0.1, -0.05) is 12.7 Å². The third-order valence-corrected chi connectivity index (χ3v) is 3.44. The summed E-state index contributed by atoms with van der Waals surface area (Å²) in [5, 5.41) is 11.3. The minimum Gasteiger partial charge on any atom is -0.481 e. The fourth-order valence-electron chi connectivity index (χ4n) is 2.08. The van der Waals surface area contributed by atoms with Crippen molar-refractivity contribution in [2.24, 2.45) is 0 Å². The van der Waals surface area contributed by atoms with Crippen molar-refractivity contribution in [2.45, 2.75) is 12.8 Å². The predicted molar refractivity (Wildman–Crippen MR) is 88.3 cm³/mol. The molecule has 1 heterocycles. The van der Waals surface area contributed by atoms with Crippen molar-refractivity contribution < 1.29 is 29.0 Å². The molecule has 1 rings (SSSR count). The molecule has 0 aromatic heterocycles. The minimum absolute atomic E-state index is 0.121. The number of nitrogens with one attached hydrogen (secondary N) is 1. The van der Waals surface area contributed by atoms with Crippen LogP contribution in [0, 0.1) is 0 Å². The Kier molecular flexibility index (Phi) is 8.94. The fraction of sp³-hybridized carbons (Fsp3) is 0.500. The number of amides is 3. The van der Waals surface area contributed by atoms with Gasteiger partial charge in [-0.3, -0.25) is 19.2 Å². The van der Waals surface area contributed by atoms with Crippen LogP contribution in [0.15, 0.2) is 24.8 Å². The van der Waals surface area contributed by atoms with Gasteiger partial charge in [0.1, 0.15) is 6.73 Å². The molecule has 0 aromatic carbocycles. The number of aliphatic carboxylic acids is 1. The van der Waals surface area contributed by atoms with E-state index in [4.69, 9.17) is 9.84 Å². The van der Waals surface area contributed by atoms with Crippen molar-refractivity contribution in [3.05, 3.63) is 24.8 Å². The summed E-state index contributed by atoms with van der Waals surface area (Å²) >= 11 is 0. The lowest BCUT2D eigenvalue weighted by molar-refractivity contribution is -0.141. The summed E-state index contributed by atoms with van der Waals surface area (Å²) in [6.45, 7) is 4.67. The van der Waals surface area contributed by atoms with Crippen LogP contribution < -0.4 is 5.32 Å². The number of nitrogens with zero attached hydrogens (tertiary/aromatic N) is 2. The van der Waals surface area contributed by atoms with Crippen molar-refractivity contribution in [1.29, 1.82) is 0 Å². The molecule has 0 saturated carbocycles. The molecule has 0 aromatic rings. The second-order valence-electron chi connectivity index (χ2n) is 5.27. The highest BCUT2D eigenvalue weighted by Crippen LogP contribution is 2.02. The number of rotatable bonds is 10. The summed E-state index contributed by atoms with van der Waals surface area (Å²) in [5.74, 6) is -1.99. The monoisotopic (exact) mass is 353 g/mol. The summed E-state index contributed by atoms with van der Waals surface area (Å²) < 4.78 is 5.25. The zero-order valence-corrected chi connectivity index (χ0v) is 14.0. The Labute approximate surface area is 145 Å². The molecule has 2 N–H and O–H groups in total. The van der Waals surface area contributed by atoms with Gasteiger partial charge in [-0.2, -0.15) is 0 Å². The van der Waals surface area contributed by atoms with Crippen LogP contribution in [0.3, 0.4) is 0 Å². The summed E-state index contributed by atoms with van der Waals surface area (Å²) in [5.41, 5.74) is 0. The Morgan fingerprint density at radius 1 is 1.36 bits per heavy atom. The van der Waals surface area contributed by atoms with Crippen molar-refractivity contribution in [1.82, 2.24) is 15.1 Å². The van der Waals surface area contributed by atoms with Gasteiger partial charge in [0, 0.05) is 38.7 Å². The topological polar surface area (TPSA) is 116 Å². The van der Waals surface area contributed by atoms with E-state index in [0.29, 0.717) is 6.61 Å². The van der Waals surface area contributed by atoms with Crippen LogP contribution in [-0.2, 0) is 23.9 Å². The first-order valence-corrected chi connectivity index (χ1v) is 7.87. The van der Waals surface area contributed by atoms with Gasteiger partial charge in [0.2, 0.25) is 17.7 Å². The summed E-state index contributed by atoms with van der Waals surface area (Å²) in [4.78, 5) is 48.7. The molecule has 0 atom stereocenters. The lowest BCUT2D eigenvalue weighted by Gasteiger charge is -2.26. The Morgan fingerprint density at radius 3 is 2.80 bits per heavy atom. The molecule has 0 spiro atoms. The Balaban J connectivity index is 2.58. The van der Waals surface area contributed by atoms with Crippen LogP contribution >= 0.6 is 0 Å². The maximum Gasteiger partial charge on any atom is 0.303 e. The second-order valence-corrected chi connectivity index (χ2v) is 5.27. The van der Waals surface area contributed by atoms with Crippen LogP contribution in [0.4, 0.5) is 0 Å². The van der Waals surface area contributed by atoms with Crippen molar-refractivity contribution in [3.63, 3.8) is 0 Å². The van der Waals surface area contributed by atoms with Crippen molar-refractivity contribution in [3.8, 4) is 0 Å². The van der Waals surface area contributed by atoms with E-state index in [-0.39, 0.29) is 63.5 Å².